The van der Waals surface area contributed by atoms with E-state index in [1.807, 2.05) is 30.5 Å². The van der Waals surface area contributed by atoms with Gasteiger partial charge in [0, 0.05) is 0 Å². The fourth-order valence-corrected chi connectivity index (χ4v) is 5.12. The number of allylic oxidation sites excluding steroid dienone is 3. The van der Waals surface area contributed by atoms with E-state index in [9.17, 15) is 14.9 Å². The molecule has 1 aromatic rings. The Morgan fingerprint density at radius 2 is 2.21 bits per heavy atom. The van der Waals surface area contributed by atoms with Crippen molar-refractivity contribution in [1.82, 2.24) is 5.32 Å². The van der Waals surface area contributed by atoms with Crippen LogP contribution in [0.15, 0.2) is 51.8 Å². The second-order valence-electron chi connectivity index (χ2n) is 6.06. The summed E-state index contributed by atoms with van der Waals surface area (Å²) in [5.41, 5.74) is 7.80. The fourth-order valence-electron chi connectivity index (χ4n) is 3.09. The summed E-state index contributed by atoms with van der Waals surface area (Å²) in [5.74, 6) is -1.29. The summed E-state index contributed by atoms with van der Waals surface area (Å²) in [6.07, 6.45) is 1.94. The molecule has 1 atom stereocenters. The third-order valence-corrected chi connectivity index (χ3v) is 7.10. The maximum absolute atomic E-state index is 12.9. The molecule has 0 saturated heterocycles. The molecule has 28 heavy (non-hydrogen) atoms. The Kier molecular flexibility index (Phi) is 8.56. The molecule has 1 aliphatic heterocycles. The number of esters is 1. The normalized spacial score (nSPS) is 16.8. The zero-order valence-corrected chi connectivity index (χ0v) is 18.7. The van der Waals surface area contributed by atoms with Gasteiger partial charge in [-0.3, -0.25) is 0 Å². The number of carbonyl (C=O) groups excluding carboxylic acids is 1. The molecular weight excluding hydrogens is 445 g/mol. The van der Waals surface area contributed by atoms with E-state index in [0.29, 0.717) is 34.4 Å². The van der Waals surface area contributed by atoms with Gasteiger partial charge >= 0.3 is 176 Å². The second-order valence-corrected chi connectivity index (χ2v) is 9.25. The summed E-state index contributed by atoms with van der Waals surface area (Å²) < 4.78 is 5.28. The Morgan fingerprint density at radius 1 is 1.46 bits per heavy atom. The number of ether oxygens (including phenoxy) is 1. The zero-order chi connectivity index (χ0) is 20.7. The van der Waals surface area contributed by atoms with Gasteiger partial charge in [0.2, 0.25) is 0 Å². The third-order valence-electron chi connectivity index (χ3n) is 4.24. The number of nitro groups is 1. The number of carbonyl (C=O) groups is 1. The molecule has 0 radical (unpaired) electrons. The summed E-state index contributed by atoms with van der Waals surface area (Å²) in [6.45, 7) is 4.20. The van der Waals surface area contributed by atoms with Crippen molar-refractivity contribution in [3.05, 3.63) is 62.6 Å². The topological polar surface area (TPSA) is 107 Å². The molecule has 0 fully saturated rings. The number of hydrogen-bond donors (Lipinski definition) is 2. The molecule has 1 aliphatic rings. The number of benzene rings is 1. The number of hydrogen-bond acceptors (Lipinski definition) is 7. The van der Waals surface area contributed by atoms with Crippen LogP contribution in [-0.2, 0) is 9.53 Å². The van der Waals surface area contributed by atoms with Crippen molar-refractivity contribution in [3.8, 4) is 0 Å². The first-order valence-electron chi connectivity index (χ1n) is 8.88. The Morgan fingerprint density at radius 3 is 2.82 bits per heavy atom. The average molecular weight is 470 g/mol. The van der Waals surface area contributed by atoms with Crippen molar-refractivity contribution in [2.45, 2.75) is 35.3 Å². The van der Waals surface area contributed by atoms with E-state index in [2.05, 4.69) is 5.32 Å². The van der Waals surface area contributed by atoms with Crippen LogP contribution in [-0.4, -0.2) is 45.3 Å². The second kappa shape index (κ2) is 10.7. The van der Waals surface area contributed by atoms with E-state index in [1.54, 1.807) is 25.6 Å². The molecule has 0 aliphatic carbocycles. The molecule has 0 aromatic heterocycles. The van der Waals surface area contributed by atoms with Crippen LogP contribution in [0.25, 0.3) is 0 Å². The number of nitrogens with one attached hydrogen (secondary N) is 1. The Bertz CT molecular complexity index is 810. The van der Waals surface area contributed by atoms with E-state index in [1.165, 1.54) is 0 Å². The van der Waals surface area contributed by atoms with Crippen LogP contribution in [0.4, 0.5) is 0 Å². The van der Waals surface area contributed by atoms with E-state index < -0.39 is 16.8 Å². The van der Waals surface area contributed by atoms with Crippen LogP contribution in [0.1, 0.15) is 25.3 Å². The summed E-state index contributed by atoms with van der Waals surface area (Å²) in [7, 11) is 0. The average Bonchev–Trinajstić information content (AvgIpc) is 2.67. The molecular formula is C19H25N3O4SSe. The van der Waals surface area contributed by atoms with Gasteiger partial charge in [-0.15, -0.1) is 0 Å². The van der Waals surface area contributed by atoms with Crippen molar-refractivity contribution >= 4 is 32.7 Å². The van der Waals surface area contributed by atoms with Gasteiger partial charge in [-0.05, 0) is 0 Å². The zero-order valence-electron chi connectivity index (χ0n) is 16.2. The van der Waals surface area contributed by atoms with E-state index in [0.717, 1.165) is 10.2 Å². The van der Waals surface area contributed by atoms with Crippen LogP contribution in [0.2, 0.25) is 10.6 Å². The predicted octanol–water partition coefficient (Wildman–Crippen LogP) is 2.92. The molecule has 2 rings (SSSR count). The van der Waals surface area contributed by atoms with Gasteiger partial charge in [-0.1, -0.05) is 0 Å². The van der Waals surface area contributed by atoms with Gasteiger partial charge in [-0.2, -0.15) is 0 Å². The Hall–Kier alpha value is -1.80. The number of thioether (sulfide) groups is 1. The van der Waals surface area contributed by atoms with Gasteiger partial charge in [0.1, 0.15) is 0 Å². The van der Waals surface area contributed by atoms with Crippen LogP contribution in [0.3, 0.4) is 0 Å². The standard InChI is InChI=1S/C19H25N3O4SSe/c1-4-26-19(23)17-15(11-28-9-8-20)21-12(2)18(22(24)25)16(17)13-6-5-7-14(10-13)27-3/h5-7,10,16,21H,4,8-9,11,20H2,1-3H3. The maximum atomic E-state index is 12.9. The number of dihydropyridines is 1. The van der Waals surface area contributed by atoms with Crippen molar-refractivity contribution < 1.29 is 14.5 Å². The first-order valence-corrected chi connectivity index (χ1v) is 12.5. The molecule has 0 bridgehead atoms. The van der Waals surface area contributed by atoms with Gasteiger partial charge in [0.05, 0.1) is 0 Å². The van der Waals surface area contributed by atoms with Crippen molar-refractivity contribution in [2.24, 2.45) is 5.73 Å². The van der Waals surface area contributed by atoms with E-state index in [4.69, 9.17) is 10.5 Å². The molecule has 0 amide bonds. The monoisotopic (exact) mass is 471 g/mol. The van der Waals surface area contributed by atoms with Gasteiger partial charge in [-0.25, -0.2) is 0 Å². The molecule has 0 saturated carbocycles. The molecule has 7 nitrogen and oxygen atoms in total. The molecule has 1 aromatic carbocycles. The van der Waals surface area contributed by atoms with Crippen molar-refractivity contribution in [3.63, 3.8) is 0 Å². The molecule has 3 N–H and O–H groups in total. The summed E-state index contributed by atoms with van der Waals surface area (Å²) in [6, 6.07) is 7.53. The quantitative estimate of drug-likeness (QED) is 0.143. The fraction of sp³-hybridized carbons (Fsp3) is 0.421. The Balaban J connectivity index is 2.64. The van der Waals surface area contributed by atoms with Crippen molar-refractivity contribution in [2.75, 3.05) is 19.4 Å². The van der Waals surface area contributed by atoms with Crippen LogP contribution < -0.4 is 11.1 Å². The SMILES string of the molecule is CCOC(=O)C1=C(C[Se]CCN)NC(C)=C([N+](=O)[O-])C1c1cccc(SC)c1. The third kappa shape index (κ3) is 5.17. The first-order chi connectivity index (χ1) is 13.4. The van der Waals surface area contributed by atoms with Crippen LogP contribution in [0, 0.1) is 10.1 Å². The number of nitrogens with zero attached hydrogens (tertiary/aromatic N) is 1. The minimum absolute atomic E-state index is 0.0172. The van der Waals surface area contributed by atoms with E-state index >= 15 is 0 Å². The summed E-state index contributed by atoms with van der Waals surface area (Å²) in [5, 5.41) is 16.5. The molecule has 0 spiro atoms. The summed E-state index contributed by atoms with van der Waals surface area (Å²) >= 11 is 1.74. The molecule has 1 unspecified atom stereocenters. The predicted molar refractivity (Wildman–Crippen MR) is 112 cm³/mol. The first kappa shape index (κ1) is 22.5. The molecule has 9 heteroatoms. The number of rotatable bonds is 9. The number of nitrogens with two attached hydrogens (primary N) is 1. The van der Waals surface area contributed by atoms with Crippen molar-refractivity contribution in [1.29, 1.82) is 0 Å². The minimum atomic E-state index is -0.772. The van der Waals surface area contributed by atoms with E-state index in [-0.39, 0.29) is 27.3 Å². The molecule has 1 heterocycles. The summed E-state index contributed by atoms with van der Waals surface area (Å²) in [4.78, 5) is 25.4. The Labute approximate surface area is 175 Å². The van der Waals surface area contributed by atoms with Gasteiger partial charge in [0.15, 0.2) is 0 Å². The van der Waals surface area contributed by atoms with Gasteiger partial charge < -0.3 is 0 Å². The molecule has 152 valence electrons. The van der Waals surface area contributed by atoms with Crippen LogP contribution in [0.5, 0.6) is 0 Å². The van der Waals surface area contributed by atoms with Crippen LogP contribution >= 0.6 is 11.8 Å². The van der Waals surface area contributed by atoms with Gasteiger partial charge in [0.25, 0.3) is 0 Å².